The van der Waals surface area contributed by atoms with Gasteiger partial charge < -0.3 is 5.11 Å². The number of fused-ring (bicyclic) bond motifs is 1. The number of nitrogens with zero attached hydrogens (tertiary/aromatic N) is 3. The molecule has 1 aliphatic rings. The van der Waals surface area contributed by atoms with Crippen LogP contribution in [0.1, 0.15) is 34.9 Å². The lowest BCUT2D eigenvalue weighted by Crippen LogP contribution is -1.99. The number of carboxylic acids is 1. The molecular weight excluding hydrogens is 194 g/mol. The maximum absolute atomic E-state index is 10.8. The number of aromatic carboxylic acids is 1. The third-order valence-corrected chi connectivity index (χ3v) is 2.62. The van der Waals surface area contributed by atoms with Gasteiger partial charge in [0.1, 0.15) is 6.33 Å². The highest BCUT2D eigenvalue weighted by molar-refractivity contribution is 5.93. The van der Waals surface area contributed by atoms with E-state index >= 15 is 0 Å². The van der Waals surface area contributed by atoms with Crippen molar-refractivity contribution in [2.45, 2.75) is 18.8 Å². The second-order valence-electron chi connectivity index (χ2n) is 3.76. The average molecular weight is 203 g/mol. The molecule has 1 aliphatic carbocycles. The molecule has 1 saturated carbocycles. The van der Waals surface area contributed by atoms with Crippen molar-refractivity contribution in [1.29, 1.82) is 0 Å². The second kappa shape index (κ2) is 2.79. The minimum Gasteiger partial charge on any atom is -0.476 e. The van der Waals surface area contributed by atoms with Gasteiger partial charge in [0.25, 0.3) is 0 Å². The molecule has 0 aromatic carbocycles. The monoisotopic (exact) mass is 203 g/mol. The topological polar surface area (TPSA) is 67.5 Å². The Morgan fingerprint density at radius 3 is 2.93 bits per heavy atom. The fourth-order valence-corrected chi connectivity index (χ4v) is 1.67. The third-order valence-electron chi connectivity index (χ3n) is 2.62. The summed E-state index contributed by atoms with van der Waals surface area (Å²) in [6.45, 7) is 0. The Bertz CT molecular complexity index is 543. The van der Waals surface area contributed by atoms with E-state index in [9.17, 15) is 4.79 Å². The number of aromatic nitrogens is 3. The van der Waals surface area contributed by atoms with Crippen molar-refractivity contribution in [2.24, 2.45) is 0 Å². The summed E-state index contributed by atoms with van der Waals surface area (Å²) in [5.41, 5.74) is 1.63. The molecule has 5 heteroatoms. The number of hydrogen-bond donors (Lipinski definition) is 1. The summed E-state index contributed by atoms with van der Waals surface area (Å²) in [6, 6.07) is 3.66. The fraction of sp³-hybridized carbons (Fsp3) is 0.300. The highest BCUT2D eigenvalue weighted by atomic mass is 16.4. The first-order chi connectivity index (χ1) is 7.25. The van der Waals surface area contributed by atoms with Gasteiger partial charge in [-0.15, -0.1) is 0 Å². The lowest BCUT2D eigenvalue weighted by atomic mass is 10.2. The summed E-state index contributed by atoms with van der Waals surface area (Å²) in [5.74, 6) is -0.455. The van der Waals surface area contributed by atoms with Crippen LogP contribution < -0.4 is 0 Å². The van der Waals surface area contributed by atoms with Crippen molar-refractivity contribution in [1.82, 2.24) is 14.6 Å². The van der Waals surface area contributed by atoms with E-state index in [0.717, 1.165) is 5.69 Å². The van der Waals surface area contributed by atoms with E-state index in [-0.39, 0.29) is 5.69 Å². The molecular formula is C10H9N3O2. The summed E-state index contributed by atoms with van der Waals surface area (Å²) in [6.07, 6.45) is 3.81. The highest BCUT2D eigenvalue weighted by Crippen LogP contribution is 2.38. The lowest BCUT2D eigenvalue weighted by Gasteiger charge is -1.98. The molecule has 0 bridgehead atoms. The van der Waals surface area contributed by atoms with E-state index in [2.05, 4.69) is 10.1 Å². The third kappa shape index (κ3) is 1.27. The fourth-order valence-electron chi connectivity index (χ4n) is 1.67. The van der Waals surface area contributed by atoms with Gasteiger partial charge in [-0.25, -0.2) is 14.3 Å². The van der Waals surface area contributed by atoms with Gasteiger partial charge in [0.15, 0.2) is 5.69 Å². The quantitative estimate of drug-likeness (QED) is 0.798. The zero-order valence-electron chi connectivity index (χ0n) is 7.92. The van der Waals surface area contributed by atoms with Gasteiger partial charge in [0.05, 0.1) is 11.2 Å². The molecule has 0 unspecified atom stereocenters. The standard InChI is InChI=1S/C10H9N3O2/c14-10(15)9-8-4-3-7(6-1-2-6)12-13(8)5-11-9/h3-6H,1-2H2,(H,14,15). The van der Waals surface area contributed by atoms with Gasteiger partial charge >= 0.3 is 5.97 Å². The Balaban J connectivity index is 2.17. The van der Waals surface area contributed by atoms with Gasteiger partial charge in [0.2, 0.25) is 0 Å². The molecule has 2 aromatic rings. The Labute approximate surface area is 85.4 Å². The predicted octanol–water partition coefficient (Wildman–Crippen LogP) is 1.30. The number of carbonyl (C=O) groups is 1. The molecule has 0 amide bonds. The van der Waals surface area contributed by atoms with Crippen molar-refractivity contribution in [3.63, 3.8) is 0 Å². The summed E-state index contributed by atoms with van der Waals surface area (Å²) >= 11 is 0. The van der Waals surface area contributed by atoms with E-state index in [0.29, 0.717) is 11.4 Å². The maximum Gasteiger partial charge on any atom is 0.356 e. The van der Waals surface area contributed by atoms with Crippen molar-refractivity contribution in [3.05, 3.63) is 29.8 Å². The molecule has 1 N–H and O–H groups in total. The minimum atomic E-state index is -1.02. The Morgan fingerprint density at radius 2 is 2.27 bits per heavy atom. The van der Waals surface area contributed by atoms with Crippen LogP contribution in [0.4, 0.5) is 0 Å². The summed E-state index contributed by atoms with van der Waals surface area (Å²) in [5, 5.41) is 13.2. The average Bonchev–Trinajstić information content (AvgIpc) is 2.97. The molecule has 0 radical (unpaired) electrons. The van der Waals surface area contributed by atoms with E-state index in [1.54, 1.807) is 6.07 Å². The lowest BCUT2D eigenvalue weighted by molar-refractivity contribution is 0.0693. The first-order valence-corrected chi connectivity index (χ1v) is 4.83. The van der Waals surface area contributed by atoms with E-state index in [1.807, 2.05) is 6.07 Å². The molecule has 2 aromatic heterocycles. The zero-order valence-corrected chi connectivity index (χ0v) is 7.92. The van der Waals surface area contributed by atoms with Crippen molar-refractivity contribution in [2.75, 3.05) is 0 Å². The Morgan fingerprint density at radius 1 is 1.47 bits per heavy atom. The van der Waals surface area contributed by atoms with E-state index in [4.69, 9.17) is 5.11 Å². The molecule has 0 saturated heterocycles. The molecule has 3 rings (SSSR count). The second-order valence-corrected chi connectivity index (χ2v) is 3.76. The molecule has 0 atom stereocenters. The molecule has 15 heavy (non-hydrogen) atoms. The predicted molar refractivity (Wildman–Crippen MR) is 51.9 cm³/mol. The van der Waals surface area contributed by atoms with Crippen molar-refractivity contribution in [3.8, 4) is 0 Å². The number of rotatable bonds is 2. The van der Waals surface area contributed by atoms with Crippen LogP contribution in [-0.4, -0.2) is 25.7 Å². The largest absolute Gasteiger partial charge is 0.476 e. The Kier molecular flexibility index (Phi) is 1.56. The smallest absolute Gasteiger partial charge is 0.356 e. The Hall–Kier alpha value is -1.91. The maximum atomic E-state index is 10.8. The SMILES string of the molecule is O=C(O)c1ncn2nc(C3CC3)ccc12. The van der Waals surface area contributed by atoms with Gasteiger partial charge in [-0.1, -0.05) is 0 Å². The van der Waals surface area contributed by atoms with Crippen LogP contribution in [-0.2, 0) is 0 Å². The summed E-state index contributed by atoms with van der Waals surface area (Å²) < 4.78 is 1.54. The molecule has 2 heterocycles. The molecule has 0 aliphatic heterocycles. The van der Waals surface area contributed by atoms with Crippen LogP contribution in [0.15, 0.2) is 18.5 Å². The summed E-state index contributed by atoms with van der Waals surface area (Å²) in [4.78, 5) is 14.6. The van der Waals surface area contributed by atoms with Crippen LogP contribution >= 0.6 is 0 Å². The normalized spacial score (nSPS) is 15.7. The van der Waals surface area contributed by atoms with Crippen LogP contribution in [0.2, 0.25) is 0 Å². The first-order valence-electron chi connectivity index (χ1n) is 4.83. The van der Waals surface area contributed by atoms with Gasteiger partial charge in [0, 0.05) is 5.92 Å². The van der Waals surface area contributed by atoms with Gasteiger partial charge in [-0.3, -0.25) is 0 Å². The molecule has 1 fully saturated rings. The van der Waals surface area contributed by atoms with Crippen LogP contribution in [0.25, 0.3) is 5.52 Å². The van der Waals surface area contributed by atoms with Gasteiger partial charge in [-0.2, -0.15) is 5.10 Å². The highest BCUT2D eigenvalue weighted by Gasteiger charge is 2.25. The van der Waals surface area contributed by atoms with Crippen LogP contribution in [0.5, 0.6) is 0 Å². The van der Waals surface area contributed by atoms with E-state index < -0.39 is 5.97 Å². The van der Waals surface area contributed by atoms with Crippen molar-refractivity contribution >= 4 is 11.5 Å². The van der Waals surface area contributed by atoms with E-state index in [1.165, 1.54) is 23.7 Å². The number of imidazole rings is 1. The van der Waals surface area contributed by atoms with Crippen LogP contribution in [0, 0.1) is 0 Å². The van der Waals surface area contributed by atoms with Crippen LogP contribution in [0.3, 0.4) is 0 Å². The zero-order chi connectivity index (χ0) is 10.4. The number of carboxylic acid groups (broad SMARTS) is 1. The van der Waals surface area contributed by atoms with Crippen molar-refractivity contribution < 1.29 is 9.90 Å². The molecule has 76 valence electrons. The van der Waals surface area contributed by atoms with Gasteiger partial charge in [-0.05, 0) is 25.0 Å². The minimum absolute atomic E-state index is 0.0600. The molecule has 0 spiro atoms. The number of hydrogen-bond acceptors (Lipinski definition) is 3. The summed E-state index contributed by atoms with van der Waals surface area (Å²) in [7, 11) is 0. The first kappa shape index (κ1) is 8.40. The molecule has 5 nitrogen and oxygen atoms in total.